The molecule has 1 aliphatic rings. The zero-order chi connectivity index (χ0) is 23.1. The molecule has 1 heterocycles. The molecule has 0 aliphatic carbocycles. The third-order valence-corrected chi connectivity index (χ3v) is 6.55. The Morgan fingerprint density at radius 2 is 1.65 bits per heavy atom. The lowest BCUT2D eigenvalue weighted by Gasteiger charge is -2.36. The molecule has 6 heteroatoms. The summed E-state index contributed by atoms with van der Waals surface area (Å²) in [5.74, 6) is 0.307. The highest BCUT2D eigenvalue weighted by Gasteiger charge is 2.35. The predicted molar refractivity (Wildman–Crippen MR) is 133 cm³/mol. The van der Waals surface area contributed by atoms with Crippen molar-refractivity contribution < 1.29 is 9.53 Å². The first-order chi connectivity index (χ1) is 14.4. The van der Waals surface area contributed by atoms with Gasteiger partial charge in [-0.05, 0) is 69.0 Å². The third kappa shape index (κ3) is 4.79. The SMILES string of the molecule is CCC(C)c1cc(N(C)C)cc2c1N(C(=O)OC(C)(C)C)c1ccc(N(C)C)cc1S2. The van der Waals surface area contributed by atoms with Gasteiger partial charge in [-0.15, -0.1) is 0 Å². The number of nitrogens with zero attached hydrogens (tertiary/aromatic N) is 3. The number of hydrogen-bond donors (Lipinski definition) is 0. The Bertz CT molecular complexity index is 979. The fourth-order valence-corrected chi connectivity index (χ4v) is 4.73. The lowest BCUT2D eigenvalue weighted by molar-refractivity contribution is 0.0597. The molecule has 0 spiro atoms. The summed E-state index contributed by atoms with van der Waals surface area (Å²) in [5, 5.41) is 0. The highest BCUT2D eigenvalue weighted by Crippen LogP contribution is 2.53. The van der Waals surface area contributed by atoms with Crippen LogP contribution in [-0.4, -0.2) is 39.9 Å². The Kier molecular flexibility index (Phi) is 6.51. The highest BCUT2D eigenvalue weighted by atomic mass is 32.2. The fraction of sp³-hybridized carbons (Fsp3) is 0.480. The van der Waals surface area contributed by atoms with Crippen LogP contribution in [0.5, 0.6) is 0 Å². The topological polar surface area (TPSA) is 36.0 Å². The van der Waals surface area contributed by atoms with E-state index in [1.54, 1.807) is 16.7 Å². The smallest absolute Gasteiger partial charge is 0.419 e. The molecule has 0 bridgehead atoms. The molecule has 2 aromatic rings. The summed E-state index contributed by atoms with van der Waals surface area (Å²) in [6, 6.07) is 10.6. The summed E-state index contributed by atoms with van der Waals surface area (Å²) in [6.45, 7) is 10.1. The minimum absolute atomic E-state index is 0.307. The first-order valence-electron chi connectivity index (χ1n) is 10.8. The summed E-state index contributed by atoms with van der Waals surface area (Å²) < 4.78 is 5.87. The van der Waals surface area contributed by atoms with Crippen LogP contribution in [0.4, 0.5) is 27.5 Å². The molecule has 2 aromatic carbocycles. The van der Waals surface area contributed by atoms with Crippen LogP contribution in [0.15, 0.2) is 40.1 Å². The highest BCUT2D eigenvalue weighted by molar-refractivity contribution is 7.99. The van der Waals surface area contributed by atoms with E-state index >= 15 is 0 Å². The van der Waals surface area contributed by atoms with Gasteiger partial charge in [0.05, 0.1) is 11.4 Å². The van der Waals surface area contributed by atoms with Crippen molar-refractivity contribution in [2.24, 2.45) is 0 Å². The Labute approximate surface area is 191 Å². The van der Waals surface area contributed by atoms with E-state index < -0.39 is 5.60 Å². The molecule has 0 aromatic heterocycles. The fourth-order valence-electron chi connectivity index (χ4n) is 3.57. The van der Waals surface area contributed by atoms with Crippen LogP contribution in [0.2, 0.25) is 0 Å². The first kappa shape index (κ1) is 23.3. The zero-order valence-corrected chi connectivity index (χ0v) is 21.1. The van der Waals surface area contributed by atoms with E-state index in [0.717, 1.165) is 39.0 Å². The average Bonchev–Trinajstić information content (AvgIpc) is 2.68. The normalized spacial score (nSPS) is 13.9. The second-order valence-electron chi connectivity index (χ2n) is 9.55. The van der Waals surface area contributed by atoms with Gasteiger partial charge in [-0.25, -0.2) is 9.69 Å². The van der Waals surface area contributed by atoms with Crippen LogP contribution in [0.1, 0.15) is 52.5 Å². The van der Waals surface area contributed by atoms with E-state index in [4.69, 9.17) is 4.74 Å². The average molecular weight is 442 g/mol. The number of rotatable bonds is 4. The maximum absolute atomic E-state index is 13.5. The van der Waals surface area contributed by atoms with Crippen molar-refractivity contribution in [3.8, 4) is 0 Å². The van der Waals surface area contributed by atoms with Gasteiger partial charge < -0.3 is 14.5 Å². The van der Waals surface area contributed by atoms with Crippen molar-refractivity contribution in [2.75, 3.05) is 42.9 Å². The van der Waals surface area contributed by atoms with E-state index in [1.807, 2.05) is 40.9 Å². The quantitative estimate of drug-likeness (QED) is 0.517. The van der Waals surface area contributed by atoms with E-state index in [1.165, 1.54) is 5.56 Å². The zero-order valence-electron chi connectivity index (χ0n) is 20.2. The molecule has 1 atom stereocenters. The van der Waals surface area contributed by atoms with E-state index in [9.17, 15) is 4.79 Å². The Balaban J connectivity index is 2.28. The van der Waals surface area contributed by atoms with Gasteiger partial charge in [-0.2, -0.15) is 0 Å². The van der Waals surface area contributed by atoms with Crippen molar-refractivity contribution in [3.63, 3.8) is 0 Å². The number of amides is 1. The second-order valence-corrected chi connectivity index (χ2v) is 10.6. The van der Waals surface area contributed by atoms with Crippen LogP contribution < -0.4 is 14.7 Å². The molecule has 3 rings (SSSR count). The van der Waals surface area contributed by atoms with Gasteiger partial charge in [-0.1, -0.05) is 25.6 Å². The molecule has 31 heavy (non-hydrogen) atoms. The maximum atomic E-state index is 13.5. The van der Waals surface area contributed by atoms with Gasteiger partial charge in [0, 0.05) is 49.4 Å². The van der Waals surface area contributed by atoms with Gasteiger partial charge >= 0.3 is 6.09 Å². The lowest BCUT2D eigenvalue weighted by atomic mass is 9.95. The third-order valence-electron chi connectivity index (χ3n) is 5.47. The summed E-state index contributed by atoms with van der Waals surface area (Å²) in [7, 11) is 8.17. The van der Waals surface area contributed by atoms with Crippen molar-refractivity contribution in [2.45, 2.75) is 62.3 Å². The molecule has 0 radical (unpaired) electrons. The summed E-state index contributed by atoms with van der Waals surface area (Å²) in [5.41, 5.74) is 4.65. The molecule has 1 unspecified atom stereocenters. The van der Waals surface area contributed by atoms with Crippen LogP contribution in [-0.2, 0) is 4.74 Å². The molecular formula is C25H35N3O2S. The van der Waals surface area contributed by atoms with Gasteiger partial charge in [-0.3, -0.25) is 0 Å². The maximum Gasteiger partial charge on any atom is 0.419 e. The predicted octanol–water partition coefficient (Wildman–Crippen LogP) is 6.87. The first-order valence-corrected chi connectivity index (χ1v) is 11.6. The van der Waals surface area contributed by atoms with Crippen molar-refractivity contribution in [1.29, 1.82) is 0 Å². The van der Waals surface area contributed by atoms with Crippen LogP contribution in [0, 0.1) is 0 Å². The molecule has 168 valence electrons. The van der Waals surface area contributed by atoms with Crippen LogP contribution in [0.3, 0.4) is 0 Å². The summed E-state index contributed by atoms with van der Waals surface area (Å²) in [6.07, 6.45) is 0.651. The minimum Gasteiger partial charge on any atom is -0.443 e. The van der Waals surface area contributed by atoms with Crippen LogP contribution >= 0.6 is 11.8 Å². The summed E-state index contributed by atoms with van der Waals surface area (Å²) in [4.78, 5) is 21.6. The van der Waals surface area contributed by atoms with Crippen molar-refractivity contribution >= 4 is 40.6 Å². The van der Waals surface area contributed by atoms with Crippen molar-refractivity contribution in [3.05, 3.63) is 35.9 Å². The largest absolute Gasteiger partial charge is 0.443 e. The molecule has 0 N–H and O–H groups in total. The number of ether oxygens (including phenoxy) is 1. The molecule has 1 aliphatic heterocycles. The van der Waals surface area contributed by atoms with E-state index in [0.29, 0.717) is 5.92 Å². The molecule has 1 amide bonds. The number of benzene rings is 2. The van der Waals surface area contributed by atoms with E-state index in [2.05, 4.69) is 62.0 Å². The summed E-state index contributed by atoms with van der Waals surface area (Å²) >= 11 is 1.72. The molecule has 5 nitrogen and oxygen atoms in total. The number of fused-ring (bicyclic) bond motifs is 2. The van der Waals surface area contributed by atoms with Crippen molar-refractivity contribution in [1.82, 2.24) is 0 Å². The molecule has 0 saturated heterocycles. The minimum atomic E-state index is -0.578. The number of carbonyl (C=O) groups is 1. The lowest BCUT2D eigenvalue weighted by Crippen LogP contribution is -2.36. The Hall–Kier alpha value is -2.34. The second kappa shape index (κ2) is 8.65. The standard InChI is InChI=1S/C25H35N3O2S/c1-10-16(2)19-13-18(27(8)9)15-22-23(19)28(24(29)30-25(3,4)5)20-12-11-17(26(6)7)14-21(20)31-22/h11-16H,10H2,1-9H3. The van der Waals surface area contributed by atoms with Gasteiger partial charge in [0.15, 0.2) is 0 Å². The number of carbonyl (C=O) groups excluding carboxylic acids is 1. The Morgan fingerprint density at radius 1 is 1.03 bits per heavy atom. The monoisotopic (exact) mass is 441 g/mol. The van der Waals surface area contributed by atoms with Gasteiger partial charge in [0.2, 0.25) is 0 Å². The number of hydrogen-bond acceptors (Lipinski definition) is 5. The Morgan fingerprint density at radius 3 is 2.19 bits per heavy atom. The van der Waals surface area contributed by atoms with Crippen LogP contribution in [0.25, 0.3) is 0 Å². The molecule has 0 fully saturated rings. The number of anilines is 4. The van der Waals surface area contributed by atoms with E-state index in [-0.39, 0.29) is 6.09 Å². The molecular weight excluding hydrogens is 406 g/mol. The van der Waals surface area contributed by atoms with Gasteiger partial charge in [0.1, 0.15) is 5.60 Å². The molecule has 0 saturated carbocycles. The van der Waals surface area contributed by atoms with Gasteiger partial charge in [0.25, 0.3) is 0 Å².